The minimum absolute atomic E-state index is 0.151. The van der Waals surface area contributed by atoms with Crippen LogP contribution in [0.5, 0.6) is 0 Å². The van der Waals surface area contributed by atoms with Crippen LogP contribution in [0, 0.1) is 0 Å². The monoisotopic (exact) mass is 566 g/mol. The lowest BCUT2D eigenvalue weighted by Gasteiger charge is -2.27. The number of unbranched alkanes of at least 4 members (excludes halogenated alkanes) is 2. The zero-order valence-corrected chi connectivity index (χ0v) is 24.7. The van der Waals surface area contributed by atoms with E-state index in [2.05, 4.69) is 9.80 Å². The normalized spacial score (nSPS) is 17.0. The Hall–Kier alpha value is -3.22. The predicted octanol–water partition coefficient (Wildman–Crippen LogP) is 4.83. The molecule has 2 fully saturated rings. The lowest BCUT2D eigenvalue weighted by Crippen LogP contribution is -2.30. The number of carboxylic acid groups (broad SMARTS) is 2. The number of aromatic carboxylic acids is 2. The first-order chi connectivity index (χ1) is 20.5. The number of piperidine rings is 2. The van der Waals surface area contributed by atoms with Gasteiger partial charge in [-0.3, -0.25) is 0 Å². The van der Waals surface area contributed by atoms with Crippen molar-refractivity contribution in [1.29, 1.82) is 0 Å². The molecule has 3 aliphatic rings. The summed E-state index contributed by atoms with van der Waals surface area (Å²) in [5.41, 5.74) is 6.27. The fourth-order valence-corrected chi connectivity index (χ4v) is 7.71. The number of carboxylic acids is 2. The topological polar surface area (TPSA) is 86.7 Å². The van der Waals surface area contributed by atoms with E-state index in [1.54, 1.807) is 12.1 Å². The smallest absolute Gasteiger partial charge is 0.0724 e. The summed E-state index contributed by atoms with van der Waals surface area (Å²) in [7, 11) is 0. The Labute approximate surface area is 249 Å². The highest BCUT2D eigenvalue weighted by molar-refractivity contribution is 6.21. The molecule has 3 aromatic rings. The fraction of sp³-hybridized carbons (Fsp3) is 0.500. The molecule has 2 aliphatic heterocycles. The summed E-state index contributed by atoms with van der Waals surface area (Å²) in [6, 6.07) is 11.0. The van der Waals surface area contributed by atoms with Crippen LogP contribution in [0.2, 0.25) is 0 Å². The van der Waals surface area contributed by atoms with Crippen molar-refractivity contribution in [2.24, 2.45) is 0 Å². The molecule has 0 saturated carbocycles. The second kappa shape index (κ2) is 13.0. The number of benzene rings is 3. The molecule has 6 rings (SSSR count). The molecule has 42 heavy (non-hydrogen) atoms. The van der Waals surface area contributed by atoms with Gasteiger partial charge in [-0.15, -0.1) is 0 Å². The van der Waals surface area contributed by atoms with Crippen molar-refractivity contribution in [3.63, 3.8) is 0 Å². The van der Waals surface area contributed by atoms with Gasteiger partial charge in [0.25, 0.3) is 0 Å². The Kier molecular flexibility index (Phi) is 8.92. The molecule has 2 heterocycles. The second-order valence-electron chi connectivity index (χ2n) is 12.5. The molecule has 3 aromatic carbocycles. The molecule has 0 bridgehead atoms. The Morgan fingerprint density at radius 3 is 1.86 bits per heavy atom. The average Bonchev–Trinajstić information content (AvgIpc) is 3.34. The van der Waals surface area contributed by atoms with Crippen LogP contribution in [0.25, 0.3) is 33.0 Å². The van der Waals surface area contributed by atoms with Crippen LogP contribution in [-0.4, -0.2) is 61.0 Å². The minimum atomic E-state index is -1.20. The Balaban J connectivity index is 1.38. The Bertz CT molecular complexity index is 1470. The van der Waals surface area contributed by atoms with Gasteiger partial charge in [-0.05, 0) is 159 Å². The van der Waals surface area contributed by atoms with Crippen molar-refractivity contribution in [3.05, 3.63) is 58.7 Å². The predicted molar refractivity (Wildman–Crippen MR) is 163 cm³/mol. The molecular weight excluding hydrogens is 524 g/mol. The van der Waals surface area contributed by atoms with Crippen molar-refractivity contribution in [3.8, 4) is 22.3 Å². The zero-order chi connectivity index (χ0) is 29.1. The standard InChI is InChI=1S/C36H44N2O4/c39-35(40)25-16-17-26-27-14-11-15-30-32(27)33(31(26)24-25)28(12-3-9-22-37-18-5-1-6-19-37)29(34(30)36(41)42)13-4-10-23-38-20-7-2-8-21-38/h11,14-17,24H,1-10,12-13,18-23H2,(H,39,40)(H,41,42)/p-2. The summed E-state index contributed by atoms with van der Waals surface area (Å²) in [4.78, 5) is 29.8. The van der Waals surface area contributed by atoms with Crippen LogP contribution in [0.4, 0.5) is 0 Å². The first-order valence-corrected chi connectivity index (χ1v) is 16.2. The van der Waals surface area contributed by atoms with Gasteiger partial charge in [0, 0.05) is 5.56 Å². The molecular formula is C36H42N2O4-2. The van der Waals surface area contributed by atoms with Gasteiger partial charge in [-0.25, -0.2) is 0 Å². The molecule has 0 unspecified atom stereocenters. The molecule has 2 saturated heterocycles. The number of rotatable bonds is 12. The fourth-order valence-electron chi connectivity index (χ4n) is 7.71. The van der Waals surface area contributed by atoms with Crippen LogP contribution in [-0.2, 0) is 12.8 Å². The van der Waals surface area contributed by atoms with Gasteiger partial charge in [0.2, 0.25) is 0 Å². The van der Waals surface area contributed by atoms with E-state index in [4.69, 9.17) is 0 Å². The summed E-state index contributed by atoms with van der Waals surface area (Å²) in [5.74, 6) is -2.32. The van der Waals surface area contributed by atoms with Crippen molar-refractivity contribution >= 4 is 22.7 Å². The van der Waals surface area contributed by atoms with Crippen molar-refractivity contribution in [1.82, 2.24) is 9.80 Å². The first kappa shape index (κ1) is 28.9. The number of nitrogens with zero attached hydrogens (tertiary/aromatic N) is 2. The minimum Gasteiger partial charge on any atom is -0.545 e. The first-order valence-electron chi connectivity index (χ1n) is 16.2. The second-order valence-corrected chi connectivity index (χ2v) is 12.5. The van der Waals surface area contributed by atoms with Gasteiger partial charge in [0.1, 0.15) is 0 Å². The van der Waals surface area contributed by atoms with Crippen molar-refractivity contribution in [2.45, 2.75) is 77.0 Å². The number of hydrogen-bond donors (Lipinski definition) is 0. The maximum Gasteiger partial charge on any atom is 0.0724 e. The van der Waals surface area contributed by atoms with Gasteiger partial charge in [-0.1, -0.05) is 43.2 Å². The molecule has 0 radical (unpaired) electrons. The van der Waals surface area contributed by atoms with Crippen LogP contribution in [0.15, 0.2) is 36.4 Å². The molecule has 0 spiro atoms. The Morgan fingerprint density at radius 1 is 0.643 bits per heavy atom. The van der Waals surface area contributed by atoms with Gasteiger partial charge in [-0.2, -0.15) is 0 Å². The lowest BCUT2D eigenvalue weighted by atomic mass is 9.84. The van der Waals surface area contributed by atoms with E-state index in [1.807, 2.05) is 24.3 Å². The van der Waals surface area contributed by atoms with Gasteiger partial charge < -0.3 is 29.6 Å². The quantitative estimate of drug-likeness (QED) is 0.228. The summed E-state index contributed by atoms with van der Waals surface area (Å²) < 4.78 is 0. The maximum absolute atomic E-state index is 12.9. The molecule has 0 amide bonds. The van der Waals surface area contributed by atoms with E-state index in [0.29, 0.717) is 17.4 Å². The zero-order valence-electron chi connectivity index (χ0n) is 24.7. The van der Waals surface area contributed by atoms with Crippen LogP contribution < -0.4 is 10.2 Å². The lowest BCUT2D eigenvalue weighted by molar-refractivity contribution is -0.256. The molecule has 0 atom stereocenters. The summed E-state index contributed by atoms with van der Waals surface area (Å²) in [6.45, 7) is 6.77. The molecule has 6 heteroatoms. The molecule has 1 aliphatic carbocycles. The van der Waals surface area contributed by atoms with Gasteiger partial charge in [0.15, 0.2) is 0 Å². The third kappa shape index (κ3) is 5.84. The largest absolute Gasteiger partial charge is 0.545 e. The van der Waals surface area contributed by atoms with E-state index in [9.17, 15) is 19.8 Å². The summed E-state index contributed by atoms with van der Waals surface area (Å²) in [6.07, 6.45) is 13.1. The highest BCUT2D eigenvalue weighted by atomic mass is 16.4. The average molecular weight is 567 g/mol. The van der Waals surface area contributed by atoms with Crippen LogP contribution >= 0.6 is 0 Å². The molecule has 0 N–H and O–H groups in total. The van der Waals surface area contributed by atoms with Crippen LogP contribution in [0.3, 0.4) is 0 Å². The van der Waals surface area contributed by atoms with Crippen molar-refractivity contribution in [2.75, 3.05) is 39.3 Å². The van der Waals surface area contributed by atoms with Gasteiger partial charge >= 0.3 is 0 Å². The molecule has 0 aromatic heterocycles. The Morgan fingerprint density at radius 2 is 1.26 bits per heavy atom. The number of hydrogen-bond acceptors (Lipinski definition) is 6. The highest BCUT2D eigenvalue weighted by Gasteiger charge is 2.29. The highest BCUT2D eigenvalue weighted by Crippen LogP contribution is 2.51. The molecule has 6 nitrogen and oxygen atoms in total. The molecule has 222 valence electrons. The van der Waals surface area contributed by atoms with E-state index < -0.39 is 11.9 Å². The number of likely N-dealkylation sites (tertiary alicyclic amines) is 2. The number of carbonyl (C=O) groups excluding carboxylic acids is 2. The van der Waals surface area contributed by atoms with E-state index in [-0.39, 0.29) is 5.56 Å². The summed E-state index contributed by atoms with van der Waals surface area (Å²) in [5, 5.41) is 26.4. The third-order valence-electron chi connectivity index (χ3n) is 9.77. The number of carbonyl (C=O) groups is 2. The number of fused-ring (bicyclic) bond motifs is 3. The SMILES string of the molecule is O=C([O-])c1ccc2c(c1)-c1c(CCCCN3CCCCC3)c(CCCCN3CCCCC3)c(C(=O)[O-])c3cccc-2c13. The van der Waals surface area contributed by atoms with Gasteiger partial charge in [0.05, 0.1) is 11.9 Å². The van der Waals surface area contributed by atoms with Crippen molar-refractivity contribution < 1.29 is 19.8 Å². The van der Waals surface area contributed by atoms with E-state index in [1.165, 1.54) is 51.6 Å². The maximum atomic E-state index is 12.9. The van der Waals surface area contributed by atoms with E-state index in [0.717, 1.165) is 97.1 Å². The van der Waals surface area contributed by atoms with E-state index >= 15 is 0 Å². The summed E-state index contributed by atoms with van der Waals surface area (Å²) >= 11 is 0. The third-order valence-corrected chi connectivity index (χ3v) is 9.77. The van der Waals surface area contributed by atoms with Crippen LogP contribution in [0.1, 0.15) is 96.1 Å².